The normalized spacial score (nSPS) is 14.5. The highest BCUT2D eigenvalue weighted by atomic mass is 16.5. The number of aliphatic carboxylic acids is 1. The van der Waals surface area contributed by atoms with Crippen LogP contribution in [0.3, 0.4) is 0 Å². The molecule has 1 amide bonds. The maximum absolute atomic E-state index is 12.5. The average molecular weight is 387 g/mol. The molecule has 1 unspecified atom stereocenters. The summed E-state index contributed by atoms with van der Waals surface area (Å²) < 4.78 is 10.4. The van der Waals surface area contributed by atoms with E-state index in [9.17, 15) is 9.59 Å². The number of benzene rings is 1. The van der Waals surface area contributed by atoms with Gasteiger partial charge < -0.3 is 19.3 Å². The fourth-order valence-electron chi connectivity index (χ4n) is 2.96. The minimum absolute atomic E-state index is 0.00880. The molecule has 28 heavy (non-hydrogen) atoms. The molecule has 0 spiro atoms. The van der Waals surface area contributed by atoms with Crippen LogP contribution in [0.4, 0.5) is 0 Å². The number of amides is 1. The smallest absolute Gasteiger partial charge is 0.308 e. The molecular formula is C20H25N3O5. The highest BCUT2D eigenvalue weighted by molar-refractivity contribution is 5.78. The number of rotatable bonds is 10. The predicted octanol–water partition coefficient (Wildman–Crippen LogP) is 2.78. The molecule has 3 rings (SSSR count). The molecule has 150 valence electrons. The van der Waals surface area contributed by atoms with E-state index >= 15 is 0 Å². The van der Waals surface area contributed by atoms with Gasteiger partial charge in [-0.15, -0.1) is 0 Å². The van der Waals surface area contributed by atoms with Crippen molar-refractivity contribution in [2.75, 3.05) is 13.7 Å². The second kappa shape index (κ2) is 8.86. The van der Waals surface area contributed by atoms with Crippen LogP contribution >= 0.6 is 0 Å². The van der Waals surface area contributed by atoms with Gasteiger partial charge in [0.25, 0.3) is 0 Å². The third-order valence-electron chi connectivity index (χ3n) is 4.80. The van der Waals surface area contributed by atoms with Crippen LogP contribution in [0.5, 0.6) is 5.75 Å². The van der Waals surface area contributed by atoms with Gasteiger partial charge in [-0.3, -0.25) is 9.59 Å². The van der Waals surface area contributed by atoms with Crippen LogP contribution in [0, 0.1) is 5.92 Å². The number of nitrogens with zero attached hydrogens (tertiary/aromatic N) is 3. The van der Waals surface area contributed by atoms with Gasteiger partial charge in [-0.05, 0) is 43.5 Å². The van der Waals surface area contributed by atoms with Crippen LogP contribution in [0.15, 0.2) is 28.8 Å². The summed E-state index contributed by atoms with van der Waals surface area (Å²) >= 11 is 0. The van der Waals surface area contributed by atoms with E-state index in [1.165, 1.54) is 0 Å². The Morgan fingerprint density at radius 3 is 2.64 bits per heavy atom. The largest absolute Gasteiger partial charge is 0.497 e. The van der Waals surface area contributed by atoms with E-state index in [0.717, 1.165) is 24.2 Å². The van der Waals surface area contributed by atoms with E-state index in [0.29, 0.717) is 31.0 Å². The van der Waals surface area contributed by atoms with Crippen LogP contribution in [-0.2, 0) is 16.0 Å². The number of aromatic nitrogens is 2. The molecule has 1 aliphatic carbocycles. The molecule has 2 aromatic rings. The van der Waals surface area contributed by atoms with Crippen molar-refractivity contribution >= 4 is 11.9 Å². The van der Waals surface area contributed by atoms with Gasteiger partial charge >= 0.3 is 5.97 Å². The van der Waals surface area contributed by atoms with E-state index < -0.39 is 11.9 Å². The number of aryl methyl sites for hydroxylation is 1. The van der Waals surface area contributed by atoms with E-state index in [2.05, 4.69) is 10.1 Å². The standard InChI is InChI=1S/C20H25N3O5/c1-13(20(25)26)12-23(15-8-9-15)18(24)5-3-4-17-21-19(22-28-17)14-6-10-16(27-2)11-7-14/h6-7,10-11,13,15H,3-5,8-9,12H2,1-2H3,(H,25,26). The van der Waals surface area contributed by atoms with Gasteiger partial charge in [0.15, 0.2) is 0 Å². The van der Waals surface area contributed by atoms with E-state index in [4.69, 9.17) is 14.4 Å². The summed E-state index contributed by atoms with van der Waals surface area (Å²) in [6.45, 7) is 1.89. The molecule has 0 radical (unpaired) electrons. The quantitative estimate of drug-likeness (QED) is 0.668. The molecule has 1 aromatic heterocycles. The Bertz CT molecular complexity index is 814. The lowest BCUT2D eigenvalue weighted by molar-refractivity contribution is -0.143. The Kier molecular flexibility index (Phi) is 6.28. The predicted molar refractivity (Wildman–Crippen MR) is 101 cm³/mol. The summed E-state index contributed by atoms with van der Waals surface area (Å²) in [5, 5.41) is 13.1. The Labute approximate surface area is 163 Å². The average Bonchev–Trinajstić information content (AvgIpc) is 3.43. The van der Waals surface area contributed by atoms with Crippen molar-refractivity contribution in [3.05, 3.63) is 30.2 Å². The molecule has 1 saturated carbocycles. The first-order valence-electron chi connectivity index (χ1n) is 9.47. The zero-order valence-corrected chi connectivity index (χ0v) is 16.1. The number of hydrogen-bond acceptors (Lipinski definition) is 6. The second-order valence-electron chi connectivity index (χ2n) is 7.11. The Morgan fingerprint density at radius 2 is 2.04 bits per heavy atom. The highest BCUT2D eigenvalue weighted by Gasteiger charge is 2.34. The number of carbonyl (C=O) groups excluding carboxylic acids is 1. The number of carboxylic acid groups (broad SMARTS) is 1. The molecule has 0 saturated heterocycles. The fourth-order valence-corrected chi connectivity index (χ4v) is 2.96. The molecule has 1 fully saturated rings. The van der Waals surface area contributed by atoms with Crippen molar-refractivity contribution in [3.8, 4) is 17.1 Å². The maximum atomic E-state index is 12.5. The van der Waals surface area contributed by atoms with E-state index in [1.54, 1.807) is 18.9 Å². The summed E-state index contributed by atoms with van der Waals surface area (Å²) in [7, 11) is 1.61. The summed E-state index contributed by atoms with van der Waals surface area (Å²) in [4.78, 5) is 29.7. The number of carboxylic acids is 1. The zero-order valence-electron chi connectivity index (χ0n) is 16.1. The first-order valence-corrected chi connectivity index (χ1v) is 9.47. The van der Waals surface area contributed by atoms with E-state index in [-0.39, 0.29) is 18.5 Å². The van der Waals surface area contributed by atoms with Crippen LogP contribution in [0.2, 0.25) is 0 Å². The van der Waals surface area contributed by atoms with Crippen LogP contribution in [0.1, 0.15) is 38.5 Å². The molecule has 1 aromatic carbocycles. The number of methoxy groups -OCH3 is 1. The van der Waals surface area contributed by atoms with Gasteiger partial charge in [0.1, 0.15) is 5.75 Å². The topological polar surface area (TPSA) is 106 Å². The van der Waals surface area contributed by atoms with Crippen LogP contribution in [0.25, 0.3) is 11.4 Å². The second-order valence-corrected chi connectivity index (χ2v) is 7.11. The number of carbonyl (C=O) groups is 2. The van der Waals surface area contributed by atoms with Crippen molar-refractivity contribution in [1.29, 1.82) is 0 Å². The molecule has 1 heterocycles. The minimum Gasteiger partial charge on any atom is -0.497 e. The van der Waals surface area contributed by atoms with Crippen molar-refractivity contribution in [1.82, 2.24) is 15.0 Å². The molecule has 0 aliphatic heterocycles. The third kappa shape index (κ3) is 5.09. The molecule has 1 aliphatic rings. The Balaban J connectivity index is 1.50. The van der Waals surface area contributed by atoms with Gasteiger partial charge in [0, 0.05) is 31.0 Å². The number of ether oxygens (including phenoxy) is 1. The SMILES string of the molecule is COc1ccc(-c2noc(CCCC(=O)N(CC(C)C(=O)O)C3CC3)n2)cc1. The summed E-state index contributed by atoms with van der Waals surface area (Å²) in [5.74, 6) is 0.284. The van der Waals surface area contributed by atoms with Gasteiger partial charge in [-0.2, -0.15) is 4.98 Å². The molecule has 8 heteroatoms. The summed E-state index contributed by atoms with van der Waals surface area (Å²) in [5.41, 5.74) is 0.828. The monoisotopic (exact) mass is 387 g/mol. The Hall–Kier alpha value is -2.90. The van der Waals surface area contributed by atoms with E-state index in [1.807, 2.05) is 24.3 Å². The van der Waals surface area contributed by atoms with Gasteiger partial charge in [-0.25, -0.2) is 0 Å². The van der Waals surface area contributed by atoms with Crippen LogP contribution < -0.4 is 4.74 Å². The molecule has 0 bridgehead atoms. The van der Waals surface area contributed by atoms with Crippen molar-refractivity contribution in [2.24, 2.45) is 5.92 Å². The molecule has 1 atom stereocenters. The van der Waals surface area contributed by atoms with Gasteiger partial charge in [-0.1, -0.05) is 12.1 Å². The van der Waals surface area contributed by atoms with Crippen LogP contribution in [-0.4, -0.2) is 51.7 Å². The van der Waals surface area contributed by atoms with Gasteiger partial charge in [0.05, 0.1) is 13.0 Å². The first kappa shape index (κ1) is 19.9. The summed E-state index contributed by atoms with van der Waals surface area (Å²) in [6, 6.07) is 7.56. The Morgan fingerprint density at radius 1 is 1.32 bits per heavy atom. The molecule has 8 nitrogen and oxygen atoms in total. The molecule has 1 N–H and O–H groups in total. The summed E-state index contributed by atoms with van der Waals surface area (Å²) in [6.07, 6.45) is 3.32. The lowest BCUT2D eigenvalue weighted by Crippen LogP contribution is -2.38. The fraction of sp³-hybridized carbons (Fsp3) is 0.500. The third-order valence-corrected chi connectivity index (χ3v) is 4.80. The van der Waals surface area contributed by atoms with Crippen molar-refractivity contribution < 1.29 is 24.0 Å². The maximum Gasteiger partial charge on any atom is 0.308 e. The number of hydrogen-bond donors (Lipinski definition) is 1. The molecular weight excluding hydrogens is 362 g/mol. The highest BCUT2D eigenvalue weighted by Crippen LogP contribution is 2.28. The van der Waals surface area contributed by atoms with Crippen molar-refractivity contribution in [3.63, 3.8) is 0 Å². The van der Waals surface area contributed by atoms with Crippen molar-refractivity contribution in [2.45, 2.75) is 45.1 Å². The van der Waals surface area contributed by atoms with Gasteiger partial charge in [0.2, 0.25) is 17.6 Å². The lowest BCUT2D eigenvalue weighted by Gasteiger charge is -2.24. The lowest BCUT2D eigenvalue weighted by atomic mass is 10.1. The zero-order chi connectivity index (χ0) is 20.1. The first-order chi connectivity index (χ1) is 13.5. The minimum atomic E-state index is -0.879.